The summed E-state index contributed by atoms with van der Waals surface area (Å²) in [6.07, 6.45) is 3.45. The molecule has 0 bridgehead atoms. The molecule has 0 aromatic heterocycles. The molecule has 0 heterocycles. The summed E-state index contributed by atoms with van der Waals surface area (Å²) in [5.41, 5.74) is -0.175. The monoisotopic (exact) mass is 297 g/mol. The van der Waals surface area contributed by atoms with E-state index in [2.05, 4.69) is 0 Å². The van der Waals surface area contributed by atoms with Crippen LogP contribution in [0.15, 0.2) is 29.2 Å². The normalized spacial score (nSPS) is 16.2. The first-order chi connectivity index (χ1) is 9.40. The molecule has 1 aliphatic carbocycles. The Morgan fingerprint density at radius 3 is 2.25 bits per heavy atom. The average Bonchev–Trinajstić information content (AvgIpc) is 2.92. The SMILES string of the molecule is O=C(CS(=O)(=O)c1ccc([N+](=O)[O-])cc1)C1CCCC1. The molecule has 20 heavy (non-hydrogen) atoms. The van der Waals surface area contributed by atoms with Gasteiger partial charge in [0.25, 0.3) is 5.69 Å². The summed E-state index contributed by atoms with van der Waals surface area (Å²) in [6.45, 7) is 0. The standard InChI is InChI=1S/C13H15NO5S/c15-13(10-3-1-2-4-10)9-20(18,19)12-7-5-11(6-8-12)14(16)17/h5-8,10H,1-4,9H2. The lowest BCUT2D eigenvalue weighted by molar-refractivity contribution is -0.384. The number of Topliss-reactive ketones (excluding diaryl/α,β-unsaturated/α-hetero) is 1. The van der Waals surface area contributed by atoms with Crippen molar-refractivity contribution in [2.45, 2.75) is 30.6 Å². The number of nitrogens with zero attached hydrogens (tertiary/aromatic N) is 1. The minimum absolute atomic E-state index is 0.0468. The molecule has 2 rings (SSSR count). The summed E-state index contributed by atoms with van der Waals surface area (Å²) < 4.78 is 24.2. The van der Waals surface area contributed by atoms with E-state index >= 15 is 0 Å². The molecule has 0 aliphatic heterocycles. The van der Waals surface area contributed by atoms with Crippen LogP contribution in [0.1, 0.15) is 25.7 Å². The van der Waals surface area contributed by atoms with E-state index in [4.69, 9.17) is 0 Å². The molecule has 1 aliphatic rings. The van der Waals surface area contributed by atoms with Crippen LogP contribution in [0.4, 0.5) is 5.69 Å². The van der Waals surface area contributed by atoms with Gasteiger partial charge in [-0.1, -0.05) is 12.8 Å². The number of ketones is 1. The van der Waals surface area contributed by atoms with Crippen LogP contribution in [0.5, 0.6) is 0 Å². The van der Waals surface area contributed by atoms with Crippen LogP contribution in [0.3, 0.4) is 0 Å². The number of nitro benzene ring substituents is 1. The third-order valence-electron chi connectivity index (χ3n) is 3.55. The molecule has 0 unspecified atom stereocenters. The predicted molar refractivity (Wildman–Crippen MR) is 72.1 cm³/mol. The van der Waals surface area contributed by atoms with Gasteiger partial charge in [-0.15, -0.1) is 0 Å². The molecule has 1 fully saturated rings. The van der Waals surface area contributed by atoms with E-state index in [9.17, 15) is 23.3 Å². The second-order valence-electron chi connectivity index (χ2n) is 4.96. The van der Waals surface area contributed by atoms with E-state index in [-0.39, 0.29) is 22.3 Å². The van der Waals surface area contributed by atoms with E-state index in [0.29, 0.717) is 0 Å². The topological polar surface area (TPSA) is 94.3 Å². The van der Waals surface area contributed by atoms with Gasteiger partial charge < -0.3 is 0 Å². The Morgan fingerprint density at radius 2 is 1.75 bits per heavy atom. The van der Waals surface area contributed by atoms with Gasteiger partial charge in [-0.05, 0) is 25.0 Å². The van der Waals surface area contributed by atoms with Crippen molar-refractivity contribution >= 4 is 21.3 Å². The van der Waals surface area contributed by atoms with Gasteiger partial charge in [-0.25, -0.2) is 8.42 Å². The summed E-state index contributed by atoms with van der Waals surface area (Å²) in [6, 6.07) is 4.62. The first kappa shape index (κ1) is 14.6. The summed E-state index contributed by atoms with van der Waals surface area (Å²) in [5.74, 6) is -0.918. The van der Waals surface area contributed by atoms with E-state index in [1.54, 1.807) is 0 Å². The minimum Gasteiger partial charge on any atom is -0.298 e. The fourth-order valence-corrected chi connectivity index (χ4v) is 3.74. The summed E-state index contributed by atoms with van der Waals surface area (Å²) in [5, 5.41) is 10.5. The first-order valence-corrected chi connectivity index (χ1v) is 8.05. The molecule has 1 saturated carbocycles. The van der Waals surface area contributed by atoms with Crippen molar-refractivity contribution in [2.24, 2.45) is 5.92 Å². The van der Waals surface area contributed by atoms with Gasteiger partial charge in [0.15, 0.2) is 15.6 Å². The highest BCUT2D eigenvalue weighted by Crippen LogP contribution is 2.27. The number of sulfone groups is 1. The maximum absolute atomic E-state index is 12.1. The predicted octanol–water partition coefficient (Wildman–Crippen LogP) is 2.13. The highest BCUT2D eigenvalue weighted by molar-refractivity contribution is 7.92. The number of hydrogen-bond acceptors (Lipinski definition) is 5. The first-order valence-electron chi connectivity index (χ1n) is 6.40. The zero-order valence-corrected chi connectivity index (χ0v) is 11.6. The van der Waals surface area contributed by atoms with Crippen LogP contribution >= 0.6 is 0 Å². The Labute approximate surface area is 116 Å². The lowest BCUT2D eigenvalue weighted by atomic mass is 10.0. The molecule has 7 heteroatoms. The Morgan fingerprint density at radius 1 is 1.20 bits per heavy atom. The number of hydrogen-bond donors (Lipinski definition) is 0. The van der Waals surface area contributed by atoms with E-state index < -0.39 is 20.5 Å². The lowest BCUT2D eigenvalue weighted by Crippen LogP contribution is -2.22. The van der Waals surface area contributed by atoms with Crippen molar-refractivity contribution in [3.8, 4) is 0 Å². The maximum Gasteiger partial charge on any atom is 0.269 e. The molecular weight excluding hydrogens is 282 g/mol. The largest absolute Gasteiger partial charge is 0.298 e. The molecule has 0 atom stereocenters. The van der Waals surface area contributed by atoms with Crippen molar-refractivity contribution in [1.82, 2.24) is 0 Å². The number of carbonyl (C=O) groups is 1. The Bertz CT molecular complexity index is 615. The van der Waals surface area contributed by atoms with Crippen LogP contribution in [-0.4, -0.2) is 24.9 Å². The lowest BCUT2D eigenvalue weighted by Gasteiger charge is -2.08. The molecule has 1 aromatic carbocycles. The molecule has 0 saturated heterocycles. The quantitative estimate of drug-likeness (QED) is 0.613. The number of rotatable bonds is 5. The molecule has 1 aromatic rings. The van der Waals surface area contributed by atoms with E-state index in [0.717, 1.165) is 37.8 Å². The van der Waals surface area contributed by atoms with Gasteiger partial charge in [-0.2, -0.15) is 0 Å². The van der Waals surface area contributed by atoms with Crippen molar-refractivity contribution in [2.75, 3.05) is 5.75 Å². The Kier molecular flexibility index (Phi) is 4.17. The van der Waals surface area contributed by atoms with E-state index in [1.165, 1.54) is 12.1 Å². The number of non-ortho nitro benzene ring substituents is 1. The molecule has 0 spiro atoms. The van der Waals surface area contributed by atoms with Crippen LogP contribution in [0.2, 0.25) is 0 Å². The van der Waals surface area contributed by atoms with Gasteiger partial charge in [0.05, 0.1) is 9.82 Å². The van der Waals surface area contributed by atoms with E-state index in [1.807, 2.05) is 0 Å². The molecule has 6 nitrogen and oxygen atoms in total. The van der Waals surface area contributed by atoms with Crippen LogP contribution in [-0.2, 0) is 14.6 Å². The highest BCUT2D eigenvalue weighted by Gasteiger charge is 2.28. The van der Waals surface area contributed by atoms with Crippen LogP contribution < -0.4 is 0 Å². The fourth-order valence-electron chi connectivity index (χ4n) is 2.41. The zero-order chi connectivity index (χ0) is 14.8. The van der Waals surface area contributed by atoms with Crippen LogP contribution in [0, 0.1) is 16.0 Å². The summed E-state index contributed by atoms with van der Waals surface area (Å²) in [7, 11) is -3.71. The molecule has 0 radical (unpaired) electrons. The third kappa shape index (κ3) is 3.22. The average molecular weight is 297 g/mol. The van der Waals surface area contributed by atoms with Gasteiger partial charge in [0, 0.05) is 18.1 Å². The van der Waals surface area contributed by atoms with Gasteiger partial charge in [0.2, 0.25) is 0 Å². The second kappa shape index (κ2) is 5.70. The zero-order valence-electron chi connectivity index (χ0n) is 10.8. The molecular formula is C13H15NO5S. The number of carbonyl (C=O) groups excluding carboxylic acids is 1. The minimum atomic E-state index is -3.71. The smallest absolute Gasteiger partial charge is 0.269 e. The van der Waals surface area contributed by atoms with Crippen molar-refractivity contribution in [3.63, 3.8) is 0 Å². The van der Waals surface area contributed by atoms with Crippen molar-refractivity contribution < 1.29 is 18.1 Å². The highest BCUT2D eigenvalue weighted by atomic mass is 32.2. The molecule has 108 valence electrons. The van der Waals surface area contributed by atoms with Gasteiger partial charge in [0.1, 0.15) is 5.75 Å². The second-order valence-corrected chi connectivity index (χ2v) is 6.95. The summed E-state index contributed by atoms with van der Waals surface area (Å²) in [4.78, 5) is 21.8. The number of nitro groups is 1. The van der Waals surface area contributed by atoms with Crippen LogP contribution in [0.25, 0.3) is 0 Å². The molecule has 0 amide bonds. The maximum atomic E-state index is 12.1. The Balaban J connectivity index is 2.13. The van der Waals surface area contributed by atoms with Crippen molar-refractivity contribution in [3.05, 3.63) is 34.4 Å². The number of benzene rings is 1. The van der Waals surface area contributed by atoms with Gasteiger partial charge in [-0.3, -0.25) is 14.9 Å². The summed E-state index contributed by atoms with van der Waals surface area (Å²) >= 11 is 0. The fraction of sp³-hybridized carbons (Fsp3) is 0.462. The van der Waals surface area contributed by atoms with Crippen molar-refractivity contribution in [1.29, 1.82) is 0 Å². The third-order valence-corrected chi connectivity index (χ3v) is 5.20. The molecule has 0 N–H and O–H groups in total. The Hall–Kier alpha value is -1.76. The van der Waals surface area contributed by atoms with Gasteiger partial charge >= 0.3 is 0 Å².